The van der Waals surface area contributed by atoms with Gasteiger partial charge in [-0.1, -0.05) is 0 Å². The molecule has 5 atom stereocenters. The van der Waals surface area contributed by atoms with E-state index in [1.807, 2.05) is 0 Å². The van der Waals surface area contributed by atoms with E-state index >= 15 is 0 Å². The highest BCUT2D eigenvalue weighted by molar-refractivity contribution is 5.72. The normalized spacial score (nSPS) is 50.4. The maximum absolute atomic E-state index is 11.9. The monoisotopic (exact) mass is 238 g/mol. The summed E-state index contributed by atoms with van der Waals surface area (Å²) in [4.78, 5) is 11.9. The molecule has 2 saturated heterocycles. The number of fused-ring (bicyclic) bond motifs is 2. The first-order valence-corrected chi connectivity index (χ1v) is 6.77. The van der Waals surface area contributed by atoms with E-state index < -0.39 is 0 Å². The average Bonchev–Trinajstić information content (AvgIpc) is 3.24. The fourth-order valence-electron chi connectivity index (χ4n) is 3.42. The van der Waals surface area contributed by atoms with Crippen molar-refractivity contribution in [3.8, 4) is 0 Å². The Hall–Kier alpha value is -0.610. The second-order valence-corrected chi connectivity index (χ2v) is 5.90. The summed E-state index contributed by atoms with van der Waals surface area (Å²) in [6, 6.07) is 0. The second-order valence-electron chi connectivity index (χ2n) is 5.90. The molecule has 2 aliphatic heterocycles. The van der Waals surface area contributed by atoms with E-state index in [0.29, 0.717) is 36.9 Å². The number of ether oxygens (including phenoxy) is 3. The molecule has 0 N–H and O–H groups in total. The Morgan fingerprint density at radius 2 is 1.71 bits per heavy atom. The maximum atomic E-state index is 11.9. The number of esters is 1. The third kappa shape index (κ3) is 1.97. The SMILES string of the molecule is O=C(OCC1CC2OC2C1)C1CCC2OC2C1. The van der Waals surface area contributed by atoms with Crippen molar-refractivity contribution in [2.45, 2.75) is 56.5 Å². The molecular formula is C13H18O4. The number of carbonyl (C=O) groups excluding carboxylic acids is 1. The van der Waals surface area contributed by atoms with Crippen molar-refractivity contribution in [1.82, 2.24) is 0 Å². The van der Waals surface area contributed by atoms with E-state index in [2.05, 4.69) is 0 Å². The van der Waals surface area contributed by atoms with Crippen LogP contribution in [0.5, 0.6) is 0 Å². The molecule has 2 aliphatic carbocycles. The van der Waals surface area contributed by atoms with E-state index in [4.69, 9.17) is 14.2 Å². The molecule has 4 rings (SSSR count). The minimum Gasteiger partial charge on any atom is -0.465 e. The highest BCUT2D eigenvalue weighted by atomic mass is 16.6. The molecule has 0 bridgehead atoms. The Morgan fingerprint density at radius 3 is 2.47 bits per heavy atom. The summed E-state index contributed by atoms with van der Waals surface area (Å²) in [5, 5.41) is 0. The quantitative estimate of drug-likeness (QED) is 0.549. The van der Waals surface area contributed by atoms with Gasteiger partial charge in [0.2, 0.25) is 0 Å². The molecular weight excluding hydrogens is 220 g/mol. The lowest BCUT2D eigenvalue weighted by molar-refractivity contribution is -0.151. The van der Waals surface area contributed by atoms with Crippen molar-refractivity contribution >= 4 is 5.97 Å². The summed E-state index contributed by atoms with van der Waals surface area (Å²) in [6.45, 7) is 0.598. The molecule has 0 radical (unpaired) electrons. The Bertz CT molecular complexity index is 332. The van der Waals surface area contributed by atoms with Gasteiger partial charge in [-0.2, -0.15) is 0 Å². The largest absolute Gasteiger partial charge is 0.465 e. The predicted octanol–water partition coefficient (Wildman–Crippen LogP) is 1.27. The standard InChI is InChI=1S/C13H18O4/c14-13(8-1-2-9-12(5-8)16-9)15-6-7-3-10-11(4-7)17-10/h7-12H,1-6H2. The van der Waals surface area contributed by atoms with Crippen molar-refractivity contribution in [3.05, 3.63) is 0 Å². The lowest BCUT2D eigenvalue weighted by Gasteiger charge is -2.19. The summed E-state index contributed by atoms with van der Waals surface area (Å²) in [7, 11) is 0. The first-order chi connectivity index (χ1) is 8.29. The third-order valence-electron chi connectivity index (χ3n) is 4.62. The summed E-state index contributed by atoms with van der Waals surface area (Å²) in [5.41, 5.74) is 0. The van der Waals surface area contributed by atoms with E-state index in [1.165, 1.54) is 0 Å². The van der Waals surface area contributed by atoms with Crippen LogP contribution in [0, 0.1) is 11.8 Å². The molecule has 2 heterocycles. The molecule has 0 aromatic carbocycles. The lowest BCUT2D eigenvalue weighted by atomic mass is 9.89. The molecule has 94 valence electrons. The molecule has 0 amide bonds. The van der Waals surface area contributed by atoms with Crippen LogP contribution in [0.1, 0.15) is 32.1 Å². The van der Waals surface area contributed by atoms with Crippen molar-refractivity contribution < 1.29 is 19.0 Å². The van der Waals surface area contributed by atoms with E-state index in [-0.39, 0.29) is 11.9 Å². The molecule has 4 nitrogen and oxygen atoms in total. The Morgan fingerprint density at radius 1 is 1.00 bits per heavy atom. The average molecular weight is 238 g/mol. The third-order valence-corrected chi connectivity index (χ3v) is 4.62. The second kappa shape index (κ2) is 3.69. The van der Waals surface area contributed by atoms with Crippen LogP contribution in [0.2, 0.25) is 0 Å². The zero-order chi connectivity index (χ0) is 11.4. The lowest BCUT2D eigenvalue weighted by Crippen LogP contribution is -2.25. The molecule has 0 spiro atoms. The van der Waals surface area contributed by atoms with Crippen molar-refractivity contribution in [2.24, 2.45) is 11.8 Å². The van der Waals surface area contributed by atoms with Gasteiger partial charge in [0.05, 0.1) is 36.9 Å². The number of rotatable bonds is 3. The summed E-state index contributed by atoms with van der Waals surface area (Å²) < 4.78 is 16.3. The molecule has 2 saturated carbocycles. The van der Waals surface area contributed by atoms with Crippen LogP contribution >= 0.6 is 0 Å². The molecule has 17 heavy (non-hydrogen) atoms. The van der Waals surface area contributed by atoms with Gasteiger partial charge in [0.15, 0.2) is 0 Å². The highest BCUT2D eigenvalue weighted by Gasteiger charge is 2.49. The molecule has 0 aromatic heterocycles. The van der Waals surface area contributed by atoms with Gasteiger partial charge in [0.25, 0.3) is 0 Å². The summed E-state index contributed by atoms with van der Waals surface area (Å²) in [6.07, 6.45) is 6.79. The zero-order valence-electron chi connectivity index (χ0n) is 9.84. The van der Waals surface area contributed by atoms with Crippen LogP contribution in [-0.2, 0) is 19.0 Å². The highest BCUT2D eigenvalue weighted by Crippen LogP contribution is 2.43. The van der Waals surface area contributed by atoms with Crippen molar-refractivity contribution in [3.63, 3.8) is 0 Å². The predicted molar refractivity (Wildman–Crippen MR) is 58.3 cm³/mol. The Kier molecular flexibility index (Phi) is 2.24. The van der Waals surface area contributed by atoms with Gasteiger partial charge >= 0.3 is 5.97 Å². The zero-order valence-corrected chi connectivity index (χ0v) is 9.84. The number of hydrogen-bond donors (Lipinski definition) is 0. The van der Waals surface area contributed by atoms with Crippen molar-refractivity contribution in [1.29, 1.82) is 0 Å². The maximum Gasteiger partial charge on any atom is 0.309 e. The Balaban J connectivity index is 1.23. The summed E-state index contributed by atoms with van der Waals surface area (Å²) in [5.74, 6) is 0.627. The topological polar surface area (TPSA) is 51.4 Å². The van der Waals surface area contributed by atoms with Crippen LogP contribution in [0.4, 0.5) is 0 Å². The molecule has 5 unspecified atom stereocenters. The van der Waals surface area contributed by atoms with Crippen LogP contribution < -0.4 is 0 Å². The van der Waals surface area contributed by atoms with Crippen LogP contribution in [0.15, 0.2) is 0 Å². The first-order valence-electron chi connectivity index (χ1n) is 6.77. The number of epoxide rings is 2. The molecule has 4 aliphatic rings. The van der Waals surface area contributed by atoms with E-state index in [0.717, 1.165) is 32.1 Å². The number of carbonyl (C=O) groups is 1. The molecule has 4 fully saturated rings. The fourth-order valence-corrected chi connectivity index (χ4v) is 3.42. The van der Waals surface area contributed by atoms with E-state index in [9.17, 15) is 4.79 Å². The van der Waals surface area contributed by atoms with Crippen molar-refractivity contribution in [2.75, 3.05) is 6.61 Å². The van der Waals surface area contributed by atoms with Gasteiger partial charge in [-0.05, 0) is 38.0 Å². The van der Waals surface area contributed by atoms with Gasteiger partial charge in [-0.3, -0.25) is 4.79 Å². The van der Waals surface area contributed by atoms with Crippen LogP contribution in [-0.4, -0.2) is 37.0 Å². The first kappa shape index (κ1) is 10.3. The van der Waals surface area contributed by atoms with Gasteiger partial charge in [0.1, 0.15) is 0 Å². The van der Waals surface area contributed by atoms with Gasteiger partial charge in [0, 0.05) is 0 Å². The smallest absolute Gasteiger partial charge is 0.309 e. The Labute approximate surface area is 101 Å². The molecule has 0 aromatic rings. The van der Waals surface area contributed by atoms with Gasteiger partial charge in [-0.15, -0.1) is 0 Å². The number of hydrogen-bond acceptors (Lipinski definition) is 4. The minimum atomic E-state index is 0.000409. The summed E-state index contributed by atoms with van der Waals surface area (Å²) >= 11 is 0. The van der Waals surface area contributed by atoms with Gasteiger partial charge < -0.3 is 14.2 Å². The fraction of sp³-hybridized carbons (Fsp3) is 0.923. The van der Waals surface area contributed by atoms with E-state index in [1.54, 1.807) is 0 Å². The molecule has 4 heteroatoms. The van der Waals surface area contributed by atoms with Gasteiger partial charge in [-0.25, -0.2) is 0 Å². The van der Waals surface area contributed by atoms with Crippen LogP contribution in [0.3, 0.4) is 0 Å². The minimum absolute atomic E-state index is 0.000409. The van der Waals surface area contributed by atoms with Crippen LogP contribution in [0.25, 0.3) is 0 Å².